The van der Waals surface area contributed by atoms with Crippen LogP contribution in [0.1, 0.15) is 56.6 Å². The molecule has 5 aliphatic rings. The predicted octanol–water partition coefficient (Wildman–Crippen LogP) is 5.34. The fourth-order valence-electron chi connectivity index (χ4n) is 7.70. The van der Waals surface area contributed by atoms with Gasteiger partial charge in [-0.05, 0) is 110 Å². The van der Waals surface area contributed by atoms with Crippen LogP contribution < -0.4 is 19.7 Å². The smallest absolute Gasteiger partial charge is 0.341 e. The molecule has 1 aliphatic heterocycles. The highest BCUT2D eigenvalue weighted by molar-refractivity contribution is 6.39. The molecule has 2 aromatic rings. The highest BCUT2D eigenvalue weighted by Crippen LogP contribution is 2.60. The molecule has 0 spiro atoms. The Labute approximate surface area is 242 Å². The number of imide groups is 2. The van der Waals surface area contributed by atoms with Crippen molar-refractivity contribution in [2.75, 3.05) is 18.1 Å². The quantitative estimate of drug-likeness (QED) is 0.320. The summed E-state index contributed by atoms with van der Waals surface area (Å²) in [6.07, 6.45) is 8.96. The Morgan fingerprint density at radius 3 is 2.27 bits per heavy atom. The second kappa shape index (κ2) is 10.5. The van der Waals surface area contributed by atoms with E-state index in [1.807, 2.05) is 12.1 Å². The summed E-state index contributed by atoms with van der Waals surface area (Å²) in [6, 6.07) is 9.75. The molecule has 0 radical (unpaired) electrons. The molecule has 9 nitrogen and oxygen atoms in total. The van der Waals surface area contributed by atoms with E-state index in [2.05, 4.69) is 5.32 Å². The average molecular weight is 579 g/mol. The molecule has 5 fully saturated rings. The minimum absolute atomic E-state index is 0.0356. The Balaban J connectivity index is 1.27. The van der Waals surface area contributed by atoms with Crippen molar-refractivity contribution >= 4 is 47.2 Å². The number of hydrogen-bond donors (Lipinski definition) is 2. The number of ether oxygens (including phenoxy) is 2. The summed E-state index contributed by atoms with van der Waals surface area (Å²) >= 11 is 6.34. The number of barbiturate groups is 1. The van der Waals surface area contributed by atoms with Crippen LogP contribution in [0.4, 0.5) is 10.5 Å². The van der Waals surface area contributed by atoms with Crippen LogP contribution in [0.2, 0.25) is 5.02 Å². The van der Waals surface area contributed by atoms with Crippen LogP contribution in [0.15, 0.2) is 42.0 Å². The van der Waals surface area contributed by atoms with Crippen molar-refractivity contribution in [2.24, 2.45) is 17.8 Å². The number of halogens is 1. The Morgan fingerprint density at radius 2 is 1.68 bits per heavy atom. The molecule has 4 amide bonds. The first-order valence-corrected chi connectivity index (χ1v) is 14.4. The van der Waals surface area contributed by atoms with Crippen LogP contribution in [-0.2, 0) is 19.8 Å². The molecule has 7 rings (SSSR count). The predicted molar refractivity (Wildman–Crippen MR) is 151 cm³/mol. The normalized spacial score (nSPS) is 27.8. The maximum Gasteiger partial charge on any atom is 0.341 e. The van der Waals surface area contributed by atoms with Gasteiger partial charge in [0.25, 0.3) is 11.8 Å². The molecule has 4 aliphatic carbocycles. The zero-order valence-corrected chi connectivity index (χ0v) is 23.4. The Hall–Kier alpha value is -3.85. The lowest BCUT2D eigenvalue weighted by atomic mass is 9.48. The van der Waals surface area contributed by atoms with E-state index in [0.29, 0.717) is 11.3 Å². The van der Waals surface area contributed by atoms with E-state index in [9.17, 15) is 19.2 Å². The fourth-order valence-corrected chi connectivity index (χ4v) is 7.97. The number of urea groups is 1. The van der Waals surface area contributed by atoms with E-state index in [1.54, 1.807) is 19.1 Å². The number of carboxylic acids is 1. The highest BCUT2D eigenvalue weighted by Gasteiger charge is 2.51. The molecule has 1 saturated heterocycles. The number of nitrogens with zero attached hydrogens (tertiary/aromatic N) is 1. The van der Waals surface area contributed by atoms with Gasteiger partial charge in [0.05, 0.1) is 17.3 Å². The SMILES string of the molecule is CCOc1cc(/C=C2\C(=O)NC(=O)N(c3ccc(C45CC6CC(CC(C6)C4)C5)cc3)C2=O)cc(Cl)c1OCC(=O)O. The third-order valence-corrected chi connectivity index (χ3v) is 9.14. The third-order valence-electron chi connectivity index (χ3n) is 8.86. The minimum atomic E-state index is -1.19. The van der Waals surface area contributed by atoms with Gasteiger partial charge in [0, 0.05) is 0 Å². The Bertz CT molecular complexity index is 1430. The summed E-state index contributed by atoms with van der Waals surface area (Å²) < 4.78 is 10.8. The first-order chi connectivity index (χ1) is 19.7. The van der Waals surface area contributed by atoms with Crippen molar-refractivity contribution in [3.05, 3.63) is 58.1 Å². The number of amides is 4. The standard InChI is InChI=1S/C31H31ClN2O7/c1-2-40-25-12-17(11-24(32)27(25)41-16-26(35)36)10-23-28(37)33-30(39)34(29(23)38)22-5-3-21(4-6-22)31-13-18-7-19(14-31)9-20(8-18)15-31/h3-6,10-12,18-20H,2,7-9,13-16H2,1H3,(H,35,36)(H,33,37,39)/b23-10+. The van der Waals surface area contributed by atoms with Crippen LogP contribution >= 0.6 is 11.6 Å². The maximum absolute atomic E-state index is 13.5. The van der Waals surface area contributed by atoms with Crippen molar-refractivity contribution in [3.8, 4) is 11.5 Å². The number of nitrogens with one attached hydrogen (secondary N) is 1. The highest BCUT2D eigenvalue weighted by atomic mass is 35.5. The zero-order valence-electron chi connectivity index (χ0n) is 22.7. The van der Waals surface area contributed by atoms with Gasteiger partial charge in [0.1, 0.15) is 5.57 Å². The molecule has 10 heteroatoms. The number of benzene rings is 2. The number of carbonyl (C=O) groups excluding carboxylic acids is 3. The lowest BCUT2D eigenvalue weighted by Gasteiger charge is -2.57. The van der Waals surface area contributed by atoms with Gasteiger partial charge < -0.3 is 14.6 Å². The summed E-state index contributed by atoms with van der Waals surface area (Å²) in [7, 11) is 0. The van der Waals surface area contributed by atoms with E-state index in [-0.39, 0.29) is 34.1 Å². The van der Waals surface area contributed by atoms with Gasteiger partial charge in [-0.25, -0.2) is 14.5 Å². The second-order valence-electron chi connectivity index (χ2n) is 11.6. The third kappa shape index (κ3) is 5.07. The number of carbonyl (C=O) groups is 4. The van der Waals surface area contributed by atoms with Crippen molar-refractivity contribution in [1.82, 2.24) is 5.32 Å². The molecular formula is C31H31ClN2O7. The Morgan fingerprint density at radius 1 is 1.05 bits per heavy atom. The van der Waals surface area contributed by atoms with E-state index in [1.165, 1.54) is 62.3 Å². The van der Waals surface area contributed by atoms with E-state index in [0.717, 1.165) is 22.7 Å². The van der Waals surface area contributed by atoms with Crippen LogP contribution in [0.5, 0.6) is 11.5 Å². The van der Waals surface area contributed by atoms with Crippen LogP contribution in [0.25, 0.3) is 6.08 Å². The summed E-state index contributed by atoms with van der Waals surface area (Å²) in [5.74, 6) is -0.201. The largest absolute Gasteiger partial charge is 0.490 e. The molecule has 0 atom stereocenters. The van der Waals surface area contributed by atoms with Crippen molar-refractivity contribution < 1.29 is 33.8 Å². The van der Waals surface area contributed by atoms with Crippen molar-refractivity contribution in [2.45, 2.75) is 50.9 Å². The fraction of sp³-hybridized carbons (Fsp3) is 0.419. The van der Waals surface area contributed by atoms with Gasteiger partial charge >= 0.3 is 12.0 Å². The minimum Gasteiger partial charge on any atom is -0.490 e. The molecular weight excluding hydrogens is 548 g/mol. The topological polar surface area (TPSA) is 122 Å². The van der Waals surface area contributed by atoms with E-state index < -0.39 is 30.4 Å². The lowest BCUT2D eigenvalue weighted by Crippen LogP contribution is -2.54. The molecule has 0 unspecified atom stereocenters. The van der Waals surface area contributed by atoms with Gasteiger partial charge in [0.2, 0.25) is 0 Å². The van der Waals surface area contributed by atoms with E-state index in [4.69, 9.17) is 26.2 Å². The first kappa shape index (κ1) is 27.3. The zero-order chi connectivity index (χ0) is 28.9. The maximum atomic E-state index is 13.5. The molecule has 41 heavy (non-hydrogen) atoms. The van der Waals surface area contributed by atoms with Crippen molar-refractivity contribution in [3.63, 3.8) is 0 Å². The first-order valence-electron chi connectivity index (χ1n) is 14.0. The number of aliphatic carboxylic acids is 1. The van der Waals surface area contributed by atoms with Crippen LogP contribution in [-0.4, -0.2) is 42.1 Å². The van der Waals surface area contributed by atoms with Gasteiger partial charge in [0.15, 0.2) is 18.1 Å². The summed E-state index contributed by atoms with van der Waals surface area (Å²) in [4.78, 5) is 51.0. The summed E-state index contributed by atoms with van der Waals surface area (Å²) in [6.45, 7) is 1.34. The summed E-state index contributed by atoms with van der Waals surface area (Å²) in [5, 5.41) is 11.3. The van der Waals surface area contributed by atoms with Gasteiger partial charge in [-0.1, -0.05) is 23.7 Å². The number of anilines is 1. The Kier molecular flexibility index (Phi) is 7.01. The number of rotatable bonds is 8. The molecule has 4 bridgehead atoms. The lowest BCUT2D eigenvalue weighted by molar-refractivity contribution is -0.139. The summed E-state index contributed by atoms with van der Waals surface area (Å²) in [5.41, 5.74) is 1.91. The van der Waals surface area contributed by atoms with Gasteiger partial charge in [-0.15, -0.1) is 0 Å². The monoisotopic (exact) mass is 578 g/mol. The molecule has 0 aromatic heterocycles. The van der Waals surface area contributed by atoms with E-state index >= 15 is 0 Å². The molecule has 2 N–H and O–H groups in total. The van der Waals surface area contributed by atoms with Crippen LogP contribution in [0, 0.1) is 17.8 Å². The number of hydrogen-bond acceptors (Lipinski definition) is 6. The molecule has 2 aromatic carbocycles. The average Bonchev–Trinajstić information content (AvgIpc) is 2.90. The van der Waals surface area contributed by atoms with Gasteiger partial charge in [-0.2, -0.15) is 0 Å². The molecule has 4 saturated carbocycles. The number of carboxylic acid groups (broad SMARTS) is 1. The van der Waals surface area contributed by atoms with Gasteiger partial charge in [-0.3, -0.25) is 14.9 Å². The molecule has 1 heterocycles. The molecule has 214 valence electrons. The van der Waals surface area contributed by atoms with Crippen LogP contribution in [0.3, 0.4) is 0 Å². The van der Waals surface area contributed by atoms with Crippen molar-refractivity contribution in [1.29, 1.82) is 0 Å². The second-order valence-corrected chi connectivity index (χ2v) is 12.1.